The van der Waals surface area contributed by atoms with Crippen LogP contribution in [0.1, 0.15) is 36.1 Å². The van der Waals surface area contributed by atoms with Crippen molar-refractivity contribution < 1.29 is 8.78 Å². The van der Waals surface area contributed by atoms with E-state index in [0.717, 1.165) is 0 Å². The highest BCUT2D eigenvalue weighted by Gasteiger charge is 2.45. The van der Waals surface area contributed by atoms with Gasteiger partial charge in [0.2, 0.25) is 5.95 Å². The lowest BCUT2D eigenvalue weighted by Crippen LogP contribution is -2.41. The second kappa shape index (κ2) is 7.65. The molecule has 1 aliphatic heterocycles. The summed E-state index contributed by atoms with van der Waals surface area (Å²) in [7, 11) is 0. The first-order valence-corrected chi connectivity index (χ1v) is 9.89. The lowest BCUT2D eigenvalue weighted by atomic mass is 9.79. The minimum absolute atomic E-state index is 0.112. The topological polar surface area (TPSA) is 70.1 Å². The quantitative estimate of drug-likeness (QED) is 0.618. The number of nitrogens with zero attached hydrogens (tertiary/aromatic N) is 2. The Balaban J connectivity index is 1.98. The van der Waals surface area contributed by atoms with E-state index >= 15 is 0 Å². The maximum absolute atomic E-state index is 14.0. The molecule has 2 atom stereocenters. The van der Waals surface area contributed by atoms with Gasteiger partial charge >= 0.3 is 0 Å². The van der Waals surface area contributed by atoms with Crippen LogP contribution in [0.5, 0.6) is 0 Å². The fraction of sp³-hybridized carbons (Fsp3) is 0.227. The zero-order chi connectivity index (χ0) is 21.5. The summed E-state index contributed by atoms with van der Waals surface area (Å²) in [6.07, 6.45) is 3.48. The fourth-order valence-corrected chi connectivity index (χ4v) is 4.28. The van der Waals surface area contributed by atoms with E-state index in [1.807, 2.05) is 13.8 Å². The lowest BCUT2D eigenvalue weighted by Gasteiger charge is -2.31. The molecule has 0 spiro atoms. The molecular weight excluding hydrogens is 410 g/mol. The second-order valence-electron chi connectivity index (χ2n) is 7.14. The van der Waals surface area contributed by atoms with Crippen molar-refractivity contribution in [3.8, 4) is 0 Å². The largest absolute Gasteiger partial charge is 0.364 e. The predicted molar refractivity (Wildman–Crippen MR) is 112 cm³/mol. The molecule has 154 valence electrons. The van der Waals surface area contributed by atoms with Crippen LogP contribution in [0.25, 0.3) is 0 Å². The fourth-order valence-electron chi connectivity index (χ4n) is 3.99. The summed E-state index contributed by atoms with van der Waals surface area (Å²) in [4.78, 5) is 23.2. The molecule has 2 N–H and O–H groups in total. The van der Waals surface area contributed by atoms with Crippen molar-refractivity contribution in [2.24, 2.45) is 4.99 Å². The molecule has 1 aromatic carbocycles. The van der Waals surface area contributed by atoms with E-state index in [-0.39, 0.29) is 22.4 Å². The van der Waals surface area contributed by atoms with Crippen LogP contribution in [0.4, 0.5) is 8.78 Å². The predicted octanol–water partition coefficient (Wildman–Crippen LogP) is 3.95. The van der Waals surface area contributed by atoms with E-state index in [9.17, 15) is 13.6 Å². The first-order valence-electron chi connectivity index (χ1n) is 9.51. The van der Waals surface area contributed by atoms with Gasteiger partial charge in [-0.05, 0) is 54.3 Å². The Morgan fingerprint density at radius 2 is 1.90 bits per heavy atom. The van der Waals surface area contributed by atoms with Gasteiger partial charge in [-0.3, -0.25) is 4.79 Å². The number of benzene rings is 1. The Labute approximate surface area is 176 Å². The zero-order valence-corrected chi connectivity index (χ0v) is 17.1. The van der Waals surface area contributed by atoms with Crippen molar-refractivity contribution >= 4 is 17.4 Å². The van der Waals surface area contributed by atoms with E-state index in [2.05, 4.69) is 15.3 Å². The van der Waals surface area contributed by atoms with Crippen LogP contribution in [0.2, 0.25) is 5.02 Å². The van der Waals surface area contributed by atoms with Gasteiger partial charge in [-0.25, -0.2) is 14.4 Å². The summed E-state index contributed by atoms with van der Waals surface area (Å²) in [5.41, 5.74) is 1.19. The highest BCUT2D eigenvalue weighted by molar-refractivity contribution is 6.31. The summed E-state index contributed by atoms with van der Waals surface area (Å²) < 4.78 is 27.7. The zero-order valence-electron chi connectivity index (χ0n) is 16.3. The Morgan fingerprint density at radius 3 is 2.57 bits per heavy atom. The van der Waals surface area contributed by atoms with E-state index < -0.39 is 11.5 Å². The van der Waals surface area contributed by atoms with Crippen LogP contribution in [0.15, 0.2) is 58.6 Å². The number of rotatable bonds is 4. The molecule has 5 nitrogen and oxygen atoms in total. The molecule has 0 amide bonds. The summed E-state index contributed by atoms with van der Waals surface area (Å²) in [6, 6.07) is 8.69. The Hall–Kier alpha value is -3.06. The minimum Gasteiger partial charge on any atom is -0.364 e. The van der Waals surface area contributed by atoms with Gasteiger partial charge in [0.05, 0.1) is 6.04 Å². The number of amidine groups is 1. The number of halogens is 3. The van der Waals surface area contributed by atoms with Gasteiger partial charge in [0.1, 0.15) is 22.2 Å². The SMILES string of the molecule is CCc1c(C2=N[C@](c3ccc(F)cc3)(c3ccnc(F)c3)[C@H](C)N2)c[nH]c(=O)c1Cl. The third-order valence-electron chi connectivity index (χ3n) is 5.46. The van der Waals surface area contributed by atoms with Crippen molar-refractivity contribution in [2.75, 3.05) is 0 Å². The molecule has 0 unspecified atom stereocenters. The third kappa shape index (κ3) is 3.19. The molecule has 0 saturated carbocycles. The lowest BCUT2D eigenvalue weighted by molar-refractivity contribution is 0.448. The molecule has 0 fully saturated rings. The molecule has 3 heterocycles. The van der Waals surface area contributed by atoms with E-state index in [4.69, 9.17) is 16.6 Å². The third-order valence-corrected chi connectivity index (χ3v) is 5.86. The number of aromatic nitrogens is 2. The van der Waals surface area contributed by atoms with Crippen LogP contribution in [-0.2, 0) is 12.0 Å². The Kier molecular flexibility index (Phi) is 5.15. The maximum Gasteiger partial charge on any atom is 0.267 e. The number of nitrogens with one attached hydrogen (secondary N) is 2. The van der Waals surface area contributed by atoms with Crippen LogP contribution < -0.4 is 10.9 Å². The highest BCUT2D eigenvalue weighted by atomic mass is 35.5. The van der Waals surface area contributed by atoms with Gasteiger partial charge in [0, 0.05) is 18.0 Å². The van der Waals surface area contributed by atoms with Gasteiger partial charge in [0.25, 0.3) is 5.56 Å². The van der Waals surface area contributed by atoms with Crippen molar-refractivity contribution in [3.63, 3.8) is 0 Å². The number of hydrogen-bond acceptors (Lipinski definition) is 4. The summed E-state index contributed by atoms with van der Waals surface area (Å²) in [5.74, 6) is -0.497. The number of hydrogen-bond donors (Lipinski definition) is 2. The molecule has 0 bridgehead atoms. The standard InChI is InChI=1S/C22H19ClF2N4O/c1-3-16-17(11-27-21(30)19(16)23)20-28-12(2)22(29-20,13-4-6-15(24)7-5-13)14-8-9-26-18(25)10-14/h4-12H,3H2,1-2H3,(H,27,30)(H,28,29)/t12-,22+/m0/s1. The van der Waals surface area contributed by atoms with Crippen LogP contribution in [-0.4, -0.2) is 21.8 Å². The molecule has 8 heteroatoms. The van der Waals surface area contributed by atoms with Crippen molar-refractivity contribution in [2.45, 2.75) is 31.8 Å². The number of pyridine rings is 2. The number of H-pyrrole nitrogens is 1. The van der Waals surface area contributed by atoms with E-state index in [1.165, 1.54) is 24.4 Å². The van der Waals surface area contributed by atoms with Crippen molar-refractivity contribution in [1.29, 1.82) is 0 Å². The molecule has 4 rings (SSSR count). The van der Waals surface area contributed by atoms with E-state index in [1.54, 1.807) is 24.4 Å². The monoisotopic (exact) mass is 428 g/mol. The van der Waals surface area contributed by atoms with Crippen LogP contribution in [0.3, 0.4) is 0 Å². The first kappa shape index (κ1) is 20.2. The van der Waals surface area contributed by atoms with Crippen LogP contribution >= 0.6 is 11.6 Å². The molecular formula is C22H19ClF2N4O. The summed E-state index contributed by atoms with van der Waals surface area (Å²) in [5, 5.41) is 3.46. The smallest absolute Gasteiger partial charge is 0.267 e. The van der Waals surface area contributed by atoms with Crippen molar-refractivity contribution in [1.82, 2.24) is 15.3 Å². The van der Waals surface area contributed by atoms with Gasteiger partial charge in [-0.1, -0.05) is 30.7 Å². The maximum atomic E-state index is 14.0. The van der Waals surface area contributed by atoms with Crippen molar-refractivity contribution in [3.05, 3.63) is 98.2 Å². The first-order chi connectivity index (χ1) is 14.4. The summed E-state index contributed by atoms with van der Waals surface area (Å²) in [6.45, 7) is 3.81. The van der Waals surface area contributed by atoms with Gasteiger partial charge in [-0.15, -0.1) is 0 Å². The second-order valence-corrected chi connectivity index (χ2v) is 7.52. The average Bonchev–Trinajstić information content (AvgIpc) is 3.08. The van der Waals surface area contributed by atoms with E-state index in [0.29, 0.717) is 34.5 Å². The highest BCUT2D eigenvalue weighted by Crippen LogP contribution is 2.41. The van der Waals surface area contributed by atoms with Crippen LogP contribution in [0, 0.1) is 11.8 Å². The summed E-state index contributed by atoms with van der Waals surface area (Å²) >= 11 is 6.23. The van der Waals surface area contributed by atoms with Gasteiger partial charge in [0.15, 0.2) is 0 Å². The Morgan fingerprint density at radius 1 is 1.17 bits per heavy atom. The molecule has 0 saturated heterocycles. The normalized spacial score (nSPS) is 20.7. The minimum atomic E-state index is -1.03. The molecule has 0 aliphatic carbocycles. The number of aromatic amines is 1. The van der Waals surface area contributed by atoms with Gasteiger partial charge < -0.3 is 10.3 Å². The molecule has 2 aromatic heterocycles. The van der Waals surface area contributed by atoms with Gasteiger partial charge in [-0.2, -0.15) is 4.39 Å². The molecule has 3 aromatic rings. The molecule has 0 radical (unpaired) electrons. The molecule has 30 heavy (non-hydrogen) atoms. The number of aliphatic imine (C=N–C) groups is 1. The molecule has 1 aliphatic rings. The Bertz CT molecular complexity index is 1190. The average molecular weight is 429 g/mol.